The number of nitrogens with zero attached hydrogens (tertiary/aromatic N) is 1. The highest BCUT2D eigenvalue weighted by Crippen LogP contribution is 2.43. The SMILES string of the molecule is CC1c2cc3c(cc2CC(Br)N1Cc1ccccc1)OCO3. The third kappa shape index (κ3) is 2.40. The van der Waals surface area contributed by atoms with Crippen molar-refractivity contribution >= 4 is 15.9 Å². The largest absolute Gasteiger partial charge is 0.454 e. The number of fused-ring (bicyclic) bond motifs is 2. The van der Waals surface area contributed by atoms with E-state index in [9.17, 15) is 0 Å². The van der Waals surface area contributed by atoms with Crippen LogP contribution in [0.4, 0.5) is 0 Å². The minimum atomic E-state index is 0.329. The van der Waals surface area contributed by atoms with Crippen LogP contribution in [0.3, 0.4) is 0 Å². The topological polar surface area (TPSA) is 21.7 Å². The molecule has 0 amide bonds. The van der Waals surface area contributed by atoms with Gasteiger partial charge in [0.1, 0.15) is 0 Å². The molecule has 0 spiro atoms. The number of alkyl halides is 1. The van der Waals surface area contributed by atoms with Gasteiger partial charge in [-0.15, -0.1) is 0 Å². The maximum Gasteiger partial charge on any atom is 0.231 e. The molecule has 22 heavy (non-hydrogen) atoms. The van der Waals surface area contributed by atoms with Gasteiger partial charge < -0.3 is 9.47 Å². The summed E-state index contributed by atoms with van der Waals surface area (Å²) in [5.41, 5.74) is 4.03. The maximum atomic E-state index is 5.54. The Bertz CT molecular complexity index is 689. The molecule has 0 saturated carbocycles. The van der Waals surface area contributed by atoms with Crippen LogP contribution in [0.2, 0.25) is 0 Å². The zero-order chi connectivity index (χ0) is 15.1. The lowest BCUT2D eigenvalue weighted by Crippen LogP contribution is -2.38. The van der Waals surface area contributed by atoms with Gasteiger partial charge in [-0.2, -0.15) is 0 Å². The molecule has 2 unspecified atom stereocenters. The van der Waals surface area contributed by atoms with E-state index < -0.39 is 0 Å². The number of rotatable bonds is 2. The van der Waals surface area contributed by atoms with Crippen LogP contribution >= 0.6 is 15.9 Å². The van der Waals surface area contributed by atoms with E-state index in [4.69, 9.17) is 9.47 Å². The third-order valence-corrected chi connectivity index (χ3v) is 5.39. The Morgan fingerprint density at radius 1 is 1.14 bits per heavy atom. The summed E-state index contributed by atoms with van der Waals surface area (Å²) in [6, 6.07) is 15.2. The number of hydrogen-bond acceptors (Lipinski definition) is 3. The fourth-order valence-corrected chi connectivity index (χ4v) is 4.16. The first-order chi connectivity index (χ1) is 10.7. The molecule has 0 radical (unpaired) electrons. The molecule has 2 heterocycles. The maximum absolute atomic E-state index is 5.54. The summed E-state index contributed by atoms with van der Waals surface area (Å²) in [6.07, 6.45) is 0.975. The average molecular weight is 360 g/mol. The lowest BCUT2D eigenvalue weighted by Gasteiger charge is -2.39. The van der Waals surface area contributed by atoms with Crippen molar-refractivity contribution in [1.82, 2.24) is 4.90 Å². The van der Waals surface area contributed by atoms with E-state index in [0.717, 1.165) is 24.5 Å². The summed E-state index contributed by atoms with van der Waals surface area (Å²) >= 11 is 3.86. The van der Waals surface area contributed by atoms with Gasteiger partial charge in [0, 0.05) is 12.6 Å². The van der Waals surface area contributed by atoms with Gasteiger partial charge in [-0.3, -0.25) is 4.90 Å². The first-order valence-electron chi connectivity index (χ1n) is 7.58. The molecular formula is C18H18BrNO2. The molecule has 2 aromatic rings. The van der Waals surface area contributed by atoms with Crippen LogP contribution in [0.15, 0.2) is 42.5 Å². The van der Waals surface area contributed by atoms with Crippen molar-refractivity contribution in [3.05, 3.63) is 59.2 Å². The van der Waals surface area contributed by atoms with E-state index in [1.807, 2.05) is 0 Å². The summed E-state index contributed by atoms with van der Waals surface area (Å²) < 4.78 is 11.0. The number of hydrogen-bond donors (Lipinski definition) is 0. The molecule has 3 nitrogen and oxygen atoms in total. The number of ether oxygens (including phenoxy) is 2. The monoisotopic (exact) mass is 359 g/mol. The van der Waals surface area contributed by atoms with Crippen molar-refractivity contribution in [2.45, 2.75) is 30.9 Å². The zero-order valence-corrected chi connectivity index (χ0v) is 14.0. The number of benzene rings is 2. The lowest BCUT2D eigenvalue weighted by molar-refractivity contribution is 0.172. The molecular weight excluding hydrogens is 342 g/mol. The van der Waals surface area contributed by atoms with Crippen LogP contribution in [0.1, 0.15) is 29.7 Å². The van der Waals surface area contributed by atoms with Gasteiger partial charge in [0.25, 0.3) is 0 Å². The predicted octanol–water partition coefficient (Wildman–Crippen LogP) is 4.26. The number of halogens is 1. The van der Waals surface area contributed by atoms with Crippen molar-refractivity contribution in [1.29, 1.82) is 0 Å². The highest BCUT2D eigenvalue weighted by Gasteiger charge is 2.32. The normalized spacial score (nSPS) is 23.4. The molecule has 0 N–H and O–H groups in total. The fourth-order valence-electron chi connectivity index (χ4n) is 3.32. The first kappa shape index (κ1) is 14.1. The van der Waals surface area contributed by atoms with Gasteiger partial charge in [0.15, 0.2) is 11.5 Å². The van der Waals surface area contributed by atoms with Gasteiger partial charge >= 0.3 is 0 Å². The van der Waals surface area contributed by atoms with E-state index in [0.29, 0.717) is 17.8 Å². The molecule has 4 rings (SSSR count). The van der Waals surface area contributed by atoms with Crippen molar-refractivity contribution in [3.63, 3.8) is 0 Å². The summed E-state index contributed by atoms with van der Waals surface area (Å²) in [5, 5.41) is 0. The Morgan fingerprint density at radius 3 is 2.64 bits per heavy atom. The minimum absolute atomic E-state index is 0.329. The molecule has 0 aliphatic carbocycles. The van der Waals surface area contributed by atoms with Gasteiger partial charge in [-0.05, 0) is 42.2 Å². The molecule has 4 heteroatoms. The van der Waals surface area contributed by atoms with E-state index in [-0.39, 0.29) is 0 Å². The highest BCUT2D eigenvalue weighted by atomic mass is 79.9. The van der Waals surface area contributed by atoms with Gasteiger partial charge in [0.05, 0.1) is 4.95 Å². The zero-order valence-electron chi connectivity index (χ0n) is 12.5. The molecule has 2 aromatic carbocycles. The van der Waals surface area contributed by atoms with E-state index in [1.165, 1.54) is 16.7 Å². The summed E-state index contributed by atoms with van der Waals surface area (Å²) in [7, 11) is 0. The van der Waals surface area contributed by atoms with Crippen molar-refractivity contribution in [3.8, 4) is 11.5 Å². The molecule has 2 aliphatic rings. The van der Waals surface area contributed by atoms with Gasteiger partial charge in [0.2, 0.25) is 6.79 Å². The van der Waals surface area contributed by atoms with Crippen LogP contribution in [0, 0.1) is 0 Å². The predicted molar refractivity (Wildman–Crippen MR) is 89.4 cm³/mol. The minimum Gasteiger partial charge on any atom is -0.454 e. The van der Waals surface area contributed by atoms with Crippen molar-refractivity contribution < 1.29 is 9.47 Å². The molecule has 0 bridgehead atoms. The van der Waals surface area contributed by atoms with Crippen LogP contribution in [-0.2, 0) is 13.0 Å². The quantitative estimate of drug-likeness (QED) is 0.590. The van der Waals surface area contributed by atoms with Crippen LogP contribution < -0.4 is 9.47 Å². The highest BCUT2D eigenvalue weighted by molar-refractivity contribution is 9.09. The van der Waals surface area contributed by atoms with Crippen molar-refractivity contribution in [2.75, 3.05) is 6.79 Å². The Labute approximate surface area is 139 Å². The molecule has 0 saturated heterocycles. The van der Waals surface area contributed by atoms with Crippen LogP contribution in [0.5, 0.6) is 11.5 Å². The molecule has 0 aromatic heterocycles. The molecule has 114 valence electrons. The molecule has 2 atom stereocenters. The van der Waals surface area contributed by atoms with Gasteiger partial charge in [-0.25, -0.2) is 0 Å². The van der Waals surface area contributed by atoms with Crippen LogP contribution in [0.25, 0.3) is 0 Å². The van der Waals surface area contributed by atoms with E-state index in [2.05, 4.69) is 70.2 Å². The Kier molecular flexibility index (Phi) is 3.59. The first-order valence-corrected chi connectivity index (χ1v) is 8.50. The summed E-state index contributed by atoms with van der Waals surface area (Å²) in [4.78, 5) is 2.82. The third-order valence-electron chi connectivity index (χ3n) is 4.54. The van der Waals surface area contributed by atoms with Gasteiger partial charge in [-0.1, -0.05) is 46.3 Å². The Hall–Kier alpha value is -1.52. The lowest BCUT2D eigenvalue weighted by atomic mass is 9.92. The molecule has 0 fully saturated rings. The van der Waals surface area contributed by atoms with Crippen LogP contribution in [-0.4, -0.2) is 16.6 Å². The standard InChI is InChI=1S/C18H18BrNO2/c1-12-15-9-17-16(21-11-22-17)7-14(15)8-18(19)20(12)10-13-5-3-2-4-6-13/h2-7,9,12,18H,8,10-11H2,1H3. The summed E-state index contributed by atoms with van der Waals surface area (Å²) in [5.74, 6) is 1.75. The smallest absolute Gasteiger partial charge is 0.231 e. The second kappa shape index (κ2) is 5.60. The second-order valence-corrected chi connectivity index (χ2v) is 6.93. The Morgan fingerprint density at radius 2 is 1.86 bits per heavy atom. The molecule has 2 aliphatic heterocycles. The fraction of sp³-hybridized carbons (Fsp3) is 0.333. The Balaban J connectivity index is 1.66. The van der Waals surface area contributed by atoms with E-state index >= 15 is 0 Å². The summed E-state index contributed by atoms with van der Waals surface area (Å²) in [6.45, 7) is 3.53. The van der Waals surface area contributed by atoms with E-state index in [1.54, 1.807) is 0 Å². The second-order valence-electron chi connectivity index (χ2n) is 5.88. The average Bonchev–Trinajstić information content (AvgIpc) is 2.98. The van der Waals surface area contributed by atoms with Crippen molar-refractivity contribution in [2.24, 2.45) is 0 Å².